The number of thiazole rings is 1. The van der Waals surface area contributed by atoms with Crippen LogP contribution in [-0.4, -0.2) is 27.9 Å². The van der Waals surface area contributed by atoms with Gasteiger partial charge in [-0.05, 0) is 37.3 Å². The molecule has 7 nitrogen and oxygen atoms in total. The van der Waals surface area contributed by atoms with Crippen LogP contribution in [-0.2, 0) is 9.53 Å². The molecule has 1 unspecified atom stereocenters. The molecule has 0 aliphatic rings. The highest BCUT2D eigenvalue weighted by atomic mass is 35.5. The summed E-state index contributed by atoms with van der Waals surface area (Å²) >= 11 is 7.17. The fraction of sp³-hybridized carbons (Fsp3) is 0.100. The Bertz CT molecular complexity index is 1190. The Hall–Kier alpha value is -3.23. The van der Waals surface area contributed by atoms with E-state index in [0.717, 1.165) is 5.56 Å². The Balaban J connectivity index is 1.39. The van der Waals surface area contributed by atoms with E-state index >= 15 is 0 Å². The lowest BCUT2D eigenvalue weighted by atomic mass is 10.2. The van der Waals surface area contributed by atoms with Gasteiger partial charge in [-0.2, -0.15) is 0 Å². The molecule has 4 rings (SSSR count). The molecule has 146 valence electrons. The van der Waals surface area contributed by atoms with E-state index < -0.39 is 18.0 Å². The molecule has 0 saturated heterocycles. The average Bonchev–Trinajstić information content (AvgIpc) is 3.37. The van der Waals surface area contributed by atoms with Crippen LogP contribution in [0.3, 0.4) is 0 Å². The maximum atomic E-state index is 12.4. The van der Waals surface area contributed by atoms with Crippen molar-refractivity contribution in [3.8, 4) is 11.3 Å². The monoisotopic (exact) mass is 427 g/mol. The number of oxazole rings is 1. The summed E-state index contributed by atoms with van der Waals surface area (Å²) in [4.78, 5) is 33.0. The van der Waals surface area contributed by atoms with Crippen molar-refractivity contribution >= 4 is 51.0 Å². The van der Waals surface area contributed by atoms with Crippen LogP contribution in [0.1, 0.15) is 17.3 Å². The van der Waals surface area contributed by atoms with Gasteiger partial charge in [0.05, 0.1) is 11.3 Å². The highest BCUT2D eigenvalue weighted by molar-refractivity contribution is 7.14. The van der Waals surface area contributed by atoms with Gasteiger partial charge in [-0.25, -0.2) is 14.8 Å². The van der Waals surface area contributed by atoms with Crippen LogP contribution in [0.15, 0.2) is 58.7 Å². The molecule has 0 spiro atoms. The lowest BCUT2D eigenvalue weighted by molar-refractivity contribution is -0.123. The highest BCUT2D eigenvalue weighted by Crippen LogP contribution is 2.26. The van der Waals surface area contributed by atoms with Crippen LogP contribution < -0.4 is 5.32 Å². The summed E-state index contributed by atoms with van der Waals surface area (Å²) < 4.78 is 10.4. The maximum absolute atomic E-state index is 12.4. The Kier molecular flexibility index (Phi) is 5.28. The fourth-order valence-corrected chi connectivity index (χ4v) is 3.40. The minimum Gasteiger partial charge on any atom is -0.449 e. The molecule has 29 heavy (non-hydrogen) atoms. The van der Waals surface area contributed by atoms with Crippen molar-refractivity contribution in [2.24, 2.45) is 0 Å². The first-order chi connectivity index (χ1) is 14.0. The second kappa shape index (κ2) is 8.02. The number of carbonyl (C=O) groups is 2. The second-order valence-corrected chi connectivity index (χ2v) is 7.41. The Morgan fingerprint density at radius 1 is 1.21 bits per heavy atom. The molecule has 4 aromatic rings. The van der Waals surface area contributed by atoms with E-state index in [1.54, 1.807) is 24.3 Å². The molecule has 0 aliphatic heterocycles. The lowest BCUT2D eigenvalue weighted by Gasteiger charge is -2.12. The number of amides is 1. The highest BCUT2D eigenvalue weighted by Gasteiger charge is 2.21. The van der Waals surface area contributed by atoms with Gasteiger partial charge in [0.2, 0.25) is 0 Å². The number of halogens is 1. The van der Waals surface area contributed by atoms with Crippen molar-refractivity contribution < 1.29 is 18.7 Å². The summed E-state index contributed by atoms with van der Waals surface area (Å²) in [6, 6.07) is 12.0. The van der Waals surface area contributed by atoms with Gasteiger partial charge < -0.3 is 9.15 Å². The summed E-state index contributed by atoms with van der Waals surface area (Å²) in [5, 5.41) is 5.53. The third-order valence-corrected chi connectivity index (χ3v) is 5.10. The van der Waals surface area contributed by atoms with Crippen LogP contribution >= 0.6 is 22.9 Å². The molecule has 0 radical (unpaired) electrons. The molecule has 0 aliphatic carbocycles. The summed E-state index contributed by atoms with van der Waals surface area (Å²) in [5.74, 6) is -1.11. The first-order valence-electron chi connectivity index (χ1n) is 8.56. The quantitative estimate of drug-likeness (QED) is 0.460. The number of aromatic nitrogens is 2. The third-order valence-electron chi connectivity index (χ3n) is 4.09. The molecule has 0 bridgehead atoms. The van der Waals surface area contributed by atoms with Crippen molar-refractivity contribution in [3.63, 3.8) is 0 Å². The minimum atomic E-state index is -1.00. The smallest absolute Gasteiger partial charge is 0.339 e. The first kappa shape index (κ1) is 19.1. The van der Waals surface area contributed by atoms with Gasteiger partial charge in [-0.1, -0.05) is 23.7 Å². The number of rotatable bonds is 5. The second-order valence-electron chi connectivity index (χ2n) is 6.12. The normalized spacial score (nSPS) is 11.9. The third kappa shape index (κ3) is 4.28. The molecule has 2 aromatic carbocycles. The molecule has 0 saturated carbocycles. The molecule has 9 heteroatoms. The van der Waals surface area contributed by atoms with E-state index in [2.05, 4.69) is 15.3 Å². The molecule has 0 fully saturated rings. The van der Waals surface area contributed by atoms with E-state index in [4.69, 9.17) is 20.8 Å². The van der Waals surface area contributed by atoms with Crippen LogP contribution in [0.4, 0.5) is 5.13 Å². The van der Waals surface area contributed by atoms with Crippen molar-refractivity contribution in [1.29, 1.82) is 0 Å². The van der Waals surface area contributed by atoms with Crippen LogP contribution in [0.5, 0.6) is 0 Å². The van der Waals surface area contributed by atoms with Crippen LogP contribution in [0.25, 0.3) is 22.4 Å². The van der Waals surface area contributed by atoms with E-state index in [1.165, 1.54) is 30.7 Å². The molecule has 1 atom stereocenters. The van der Waals surface area contributed by atoms with E-state index in [0.29, 0.717) is 26.9 Å². The topological polar surface area (TPSA) is 94.3 Å². The predicted molar refractivity (Wildman–Crippen MR) is 110 cm³/mol. The lowest BCUT2D eigenvalue weighted by Crippen LogP contribution is -2.29. The number of fused-ring (bicyclic) bond motifs is 1. The summed E-state index contributed by atoms with van der Waals surface area (Å²) in [6.45, 7) is 1.49. The number of ether oxygens (including phenoxy) is 1. The van der Waals surface area contributed by atoms with Gasteiger partial charge >= 0.3 is 5.97 Å². The largest absolute Gasteiger partial charge is 0.449 e. The Morgan fingerprint density at radius 2 is 2.00 bits per heavy atom. The molecule has 1 amide bonds. The molecule has 2 aromatic heterocycles. The standard InChI is InChI=1S/C20H14ClN3O4S/c1-11(28-19(26)13-4-7-15-17(8-13)27-10-22-15)18(25)24-20-23-16(9-29-20)12-2-5-14(21)6-3-12/h2-11H,1H3,(H,23,24,25). The van der Waals surface area contributed by atoms with Crippen molar-refractivity contribution in [2.75, 3.05) is 5.32 Å². The van der Waals surface area contributed by atoms with Gasteiger partial charge in [0.25, 0.3) is 5.91 Å². The molecule has 1 N–H and O–H groups in total. The van der Waals surface area contributed by atoms with Gasteiger partial charge in [0.15, 0.2) is 23.2 Å². The number of carbonyl (C=O) groups excluding carboxylic acids is 2. The van der Waals surface area contributed by atoms with Crippen molar-refractivity contribution in [3.05, 3.63) is 64.8 Å². The van der Waals surface area contributed by atoms with E-state index in [-0.39, 0.29) is 5.56 Å². The van der Waals surface area contributed by atoms with Gasteiger partial charge in [-0.3, -0.25) is 10.1 Å². The minimum absolute atomic E-state index is 0.271. The molecular formula is C20H14ClN3O4S. The van der Waals surface area contributed by atoms with Gasteiger partial charge in [0, 0.05) is 16.0 Å². The number of hydrogen-bond acceptors (Lipinski definition) is 7. The van der Waals surface area contributed by atoms with Crippen LogP contribution in [0, 0.1) is 0 Å². The fourth-order valence-electron chi connectivity index (χ4n) is 2.56. The zero-order chi connectivity index (χ0) is 20.4. The zero-order valence-electron chi connectivity index (χ0n) is 15.1. The number of anilines is 1. The predicted octanol–water partition coefficient (Wildman–Crippen LogP) is 4.79. The number of hydrogen-bond donors (Lipinski definition) is 1. The summed E-state index contributed by atoms with van der Waals surface area (Å²) in [6.07, 6.45) is 0.290. The molecule has 2 heterocycles. The Labute approximate surface area is 174 Å². The number of esters is 1. The summed E-state index contributed by atoms with van der Waals surface area (Å²) in [5.41, 5.74) is 2.97. The Morgan fingerprint density at radius 3 is 2.79 bits per heavy atom. The number of nitrogens with zero attached hydrogens (tertiary/aromatic N) is 2. The first-order valence-corrected chi connectivity index (χ1v) is 9.82. The van der Waals surface area contributed by atoms with Crippen molar-refractivity contribution in [2.45, 2.75) is 13.0 Å². The SMILES string of the molecule is CC(OC(=O)c1ccc2ncoc2c1)C(=O)Nc1nc(-c2ccc(Cl)cc2)cs1. The van der Waals surface area contributed by atoms with Crippen molar-refractivity contribution in [1.82, 2.24) is 9.97 Å². The number of benzene rings is 2. The van der Waals surface area contributed by atoms with E-state index in [1.807, 2.05) is 17.5 Å². The zero-order valence-corrected chi connectivity index (χ0v) is 16.7. The van der Waals surface area contributed by atoms with Gasteiger partial charge in [0.1, 0.15) is 5.52 Å². The molecular weight excluding hydrogens is 414 g/mol. The summed E-state index contributed by atoms with van der Waals surface area (Å²) in [7, 11) is 0. The maximum Gasteiger partial charge on any atom is 0.339 e. The average molecular weight is 428 g/mol. The van der Waals surface area contributed by atoms with E-state index in [9.17, 15) is 9.59 Å². The number of nitrogens with one attached hydrogen (secondary N) is 1. The van der Waals surface area contributed by atoms with Crippen LogP contribution in [0.2, 0.25) is 5.02 Å². The van der Waals surface area contributed by atoms with Gasteiger partial charge in [-0.15, -0.1) is 11.3 Å².